The summed E-state index contributed by atoms with van der Waals surface area (Å²) in [6, 6.07) is 8.95. The molecule has 0 radical (unpaired) electrons. The maximum atomic E-state index is 9.83. The second kappa shape index (κ2) is 6.37. The molecule has 20 heavy (non-hydrogen) atoms. The molecular weight excluding hydrogens is 378 g/mol. The van der Waals surface area contributed by atoms with Gasteiger partial charge in [-0.2, -0.15) is 0 Å². The molecule has 1 nitrogen and oxygen atoms in total. The van der Waals surface area contributed by atoms with Crippen LogP contribution in [0.1, 0.15) is 27.8 Å². The average Bonchev–Trinajstić information content (AvgIpc) is 2.39. The average molecular weight is 398 g/mol. The van der Waals surface area contributed by atoms with Crippen LogP contribution in [0.4, 0.5) is 0 Å². The Morgan fingerprint density at radius 1 is 0.650 bits per heavy atom. The monoisotopic (exact) mass is 400 g/mol. The number of phenols is 1. The van der Waals surface area contributed by atoms with E-state index in [4.69, 9.17) is 0 Å². The van der Waals surface area contributed by atoms with E-state index in [1.807, 2.05) is 13.8 Å². The van der Waals surface area contributed by atoms with Crippen molar-refractivity contribution in [3.8, 4) is 5.75 Å². The normalized spacial score (nSPS) is 10.8. The van der Waals surface area contributed by atoms with Gasteiger partial charge in [-0.25, -0.2) is 0 Å². The summed E-state index contributed by atoms with van der Waals surface area (Å²) >= 11 is 0.983. The van der Waals surface area contributed by atoms with Crippen molar-refractivity contribution >= 4 is 35.2 Å². The molecule has 0 aliphatic carbocycles. The van der Waals surface area contributed by atoms with E-state index in [0.29, 0.717) is 32.0 Å². The Hall–Kier alpha value is -0.721. The molecule has 0 aliphatic rings. The first-order chi connectivity index (χ1) is 9.38. The summed E-state index contributed by atoms with van der Waals surface area (Å²) in [5, 5.41) is 9.83. The van der Waals surface area contributed by atoms with E-state index in [1.165, 1.54) is 25.6 Å². The maximum absolute atomic E-state index is 9.83. The fourth-order valence-electron chi connectivity index (χ4n) is 2.10. The summed E-state index contributed by atoms with van der Waals surface area (Å²) in [7, 11) is 0. The molecule has 0 saturated carbocycles. The van der Waals surface area contributed by atoms with Crippen molar-refractivity contribution in [2.24, 2.45) is 0 Å². The van der Waals surface area contributed by atoms with Crippen LogP contribution in [0.25, 0.3) is 0 Å². The third-order valence-electron chi connectivity index (χ3n) is 3.60. The first kappa shape index (κ1) is 15.7. The predicted octanol–water partition coefficient (Wildman–Crippen LogP) is 2.21. The first-order valence-electron chi connectivity index (χ1n) is 6.61. The van der Waals surface area contributed by atoms with Gasteiger partial charge in [-0.05, 0) is 0 Å². The van der Waals surface area contributed by atoms with E-state index >= 15 is 0 Å². The number of aromatic hydroxyl groups is 1. The second-order valence-corrected chi connectivity index (χ2v) is 11.6. The van der Waals surface area contributed by atoms with Crippen LogP contribution in [0.2, 0.25) is 0 Å². The Kier molecular flexibility index (Phi) is 4.99. The van der Waals surface area contributed by atoms with E-state index in [1.54, 1.807) is 0 Å². The van der Waals surface area contributed by atoms with E-state index in [2.05, 4.69) is 45.0 Å². The summed E-state index contributed by atoms with van der Waals surface area (Å²) < 4.78 is 2.88. The number of hydrogen-bond acceptors (Lipinski definition) is 1. The quantitative estimate of drug-likeness (QED) is 0.787. The number of benzene rings is 2. The Balaban J connectivity index is 2.17. The van der Waals surface area contributed by atoms with Gasteiger partial charge in [-0.1, -0.05) is 0 Å². The molecule has 0 unspecified atom stereocenters. The van der Waals surface area contributed by atoms with Crippen molar-refractivity contribution < 1.29 is 5.11 Å². The van der Waals surface area contributed by atoms with Crippen LogP contribution in [0.15, 0.2) is 24.3 Å². The fourth-order valence-corrected chi connectivity index (χ4v) is 8.59. The Morgan fingerprint density at radius 2 is 1.00 bits per heavy atom. The summed E-state index contributed by atoms with van der Waals surface area (Å²) in [5.41, 5.74) is 6.20. The van der Waals surface area contributed by atoms with Gasteiger partial charge < -0.3 is 0 Å². The second-order valence-electron chi connectivity index (χ2n) is 5.25. The molecule has 106 valence electrons. The van der Waals surface area contributed by atoms with Gasteiger partial charge in [0, 0.05) is 0 Å². The van der Waals surface area contributed by atoms with Gasteiger partial charge >= 0.3 is 133 Å². The van der Waals surface area contributed by atoms with Gasteiger partial charge in [0.05, 0.1) is 0 Å². The van der Waals surface area contributed by atoms with Crippen molar-refractivity contribution in [1.29, 1.82) is 0 Å². The minimum atomic E-state index is 0.444. The van der Waals surface area contributed by atoms with Crippen molar-refractivity contribution in [2.75, 3.05) is 0 Å². The van der Waals surface area contributed by atoms with Crippen LogP contribution >= 0.6 is 0 Å². The molecule has 3 heteroatoms. The molecule has 1 N–H and O–H groups in total. The van der Waals surface area contributed by atoms with Crippen LogP contribution in [-0.4, -0.2) is 31.4 Å². The topological polar surface area (TPSA) is 20.2 Å². The van der Waals surface area contributed by atoms with Gasteiger partial charge in [-0.3, -0.25) is 0 Å². The Morgan fingerprint density at radius 3 is 1.40 bits per heavy atom. The molecule has 0 heterocycles. The molecule has 0 aromatic heterocycles. The minimum absolute atomic E-state index is 0.444. The summed E-state index contributed by atoms with van der Waals surface area (Å²) in [6.07, 6.45) is 0. The Bertz CT molecular complexity index is 544. The summed E-state index contributed by atoms with van der Waals surface area (Å²) in [5.74, 6) is 0.444. The molecule has 0 aliphatic heterocycles. The van der Waals surface area contributed by atoms with Gasteiger partial charge in [0.15, 0.2) is 0 Å². The van der Waals surface area contributed by atoms with E-state index < -0.39 is 0 Å². The van der Waals surface area contributed by atoms with Gasteiger partial charge in [0.25, 0.3) is 0 Å². The molecule has 0 amide bonds. The summed E-state index contributed by atoms with van der Waals surface area (Å²) in [4.78, 5) is 0. The first-order valence-corrected chi connectivity index (χ1v) is 12.7. The molecule has 0 atom stereocenters. The predicted molar refractivity (Wildman–Crippen MR) is 89.0 cm³/mol. The van der Waals surface area contributed by atoms with Gasteiger partial charge in [0.2, 0.25) is 0 Å². The molecule has 2 aromatic carbocycles. The zero-order valence-electron chi connectivity index (χ0n) is 12.6. The molecule has 0 saturated heterocycles. The molecule has 0 bridgehead atoms. The third kappa shape index (κ3) is 3.48. The summed E-state index contributed by atoms with van der Waals surface area (Å²) in [6.45, 7) is 10.6. The third-order valence-corrected chi connectivity index (χ3v) is 10.7. The zero-order chi connectivity index (χ0) is 14.9. The molecule has 2 aromatic rings. The number of phenolic OH excluding ortho intramolecular Hbond substituents is 1. The van der Waals surface area contributed by atoms with Crippen molar-refractivity contribution in [1.82, 2.24) is 0 Å². The van der Waals surface area contributed by atoms with Crippen molar-refractivity contribution in [2.45, 2.75) is 34.6 Å². The number of aryl methyl sites for hydroxylation is 4. The van der Waals surface area contributed by atoms with Crippen molar-refractivity contribution in [3.63, 3.8) is 0 Å². The van der Waals surface area contributed by atoms with E-state index in [0.717, 1.165) is 11.1 Å². The number of rotatable bonds is 3. The molecular formula is C17H20OSe2. The number of hydrogen-bond donors (Lipinski definition) is 1. The fraction of sp³-hybridized carbons (Fsp3) is 0.294. The standard InChI is InChI=1S/C17H20OSe2/c1-10-6-15(7-11(2)14(10)5)19-20-16-8-12(3)17(18)13(4)9-16/h6-9,18H,1-5H3. The molecule has 0 fully saturated rings. The van der Waals surface area contributed by atoms with Crippen LogP contribution in [-0.2, 0) is 0 Å². The van der Waals surface area contributed by atoms with E-state index in [9.17, 15) is 5.11 Å². The van der Waals surface area contributed by atoms with Crippen LogP contribution < -0.4 is 8.92 Å². The van der Waals surface area contributed by atoms with Crippen LogP contribution in [0.5, 0.6) is 5.75 Å². The van der Waals surface area contributed by atoms with Gasteiger partial charge in [-0.15, -0.1) is 0 Å². The SMILES string of the molecule is Cc1cc([Se][Se]c2cc(C)c(O)c(C)c2)cc(C)c1C. The zero-order valence-corrected chi connectivity index (χ0v) is 16.0. The molecule has 2 rings (SSSR count). The Labute approximate surface area is 132 Å². The van der Waals surface area contributed by atoms with Gasteiger partial charge in [0.1, 0.15) is 0 Å². The molecule has 0 spiro atoms. The van der Waals surface area contributed by atoms with Crippen LogP contribution in [0.3, 0.4) is 0 Å². The van der Waals surface area contributed by atoms with Crippen LogP contribution in [0, 0.1) is 34.6 Å². The van der Waals surface area contributed by atoms with E-state index in [-0.39, 0.29) is 0 Å². The van der Waals surface area contributed by atoms with Crippen molar-refractivity contribution in [3.05, 3.63) is 52.1 Å².